The van der Waals surface area contributed by atoms with Gasteiger partial charge in [-0.15, -0.1) is 0 Å². The molecule has 3 heteroatoms. The molecule has 2 rings (SSSR count). The highest BCUT2D eigenvalue weighted by molar-refractivity contribution is 6.04. The first-order valence-electron chi connectivity index (χ1n) is 4.94. The van der Waals surface area contributed by atoms with Gasteiger partial charge in [-0.1, -0.05) is 36.4 Å². The monoisotopic (exact) mass is 220 g/mol. The van der Waals surface area contributed by atoms with Crippen LogP contribution < -0.4 is 0 Å². The van der Waals surface area contributed by atoms with Gasteiger partial charge < -0.3 is 0 Å². The number of hydrogen-bond acceptors (Lipinski definition) is 1. The molecule has 0 aromatic heterocycles. The number of benzene rings is 1. The number of allylic oxidation sites excluding steroid dienone is 4. The quantitative estimate of drug-likeness (QED) is 0.698. The van der Waals surface area contributed by atoms with E-state index in [1.54, 1.807) is 18.2 Å². The van der Waals surface area contributed by atoms with E-state index in [1.165, 1.54) is 18.2 Å². The van der Waals surface area contributed by atoms with Crippen molar-refractivity contribution in [1.29, 1.82) is 0 Å². The van der Waals surface area contributed by atoms with E-state index in [1.807, 2.05) is 0 Å². The van der Waals surface area contributed by atoms with Gasteiger partial charge in [0.25, 0.3) is 0 Å². The molecule has 1 aliphatic rings. The summed E-state index contributed by atoms with van der Waals surface area (Å²) in [6.07, 6.45) is 2.98. The number of carbonyl (C=O) groups is 1. The smallest absolute Gasteiger partial charge is 0.204 e. The van der Waals surface area contributed by atoms with E-state index >= 15 is 0 Å². The molecule has 0 spiro atoms. The average Bonchev–Trinajstić information content (AvgIpc) is 2.29. The average molecular weight is 220 g/mol. The number of halogens is 2. The summed E-state index contributed by atoms with van der Waals surface area (Å²) in [5.41, 5.74) is -2.00. The molecule has 0 radical (unpaired) electrons. The predicted octanol–water partition coefficient (Wildman–Crippen LogP) is 3.39. The number of carbonyl (C=O) groups excluding carboxylic acids is 1. The Morgan fingerprint density at radius 1 is 1.25 bits per heavy atom. The van der Waals surface area contributed by atoms with Crippen LogP contribution in [0, 0.1) is 0 Å². The molecule has 0 bridgehead atoms. The van der Waals surface area contributed by atoms with Gasteiger partial charge in [0.05, 0.1) is 0 Å². The molecule has 1 atom stereocenters. The van der Waals surface area contributed by atoms with Gasteiger partial charge >= 0.3 is 0 Å². The van der Waals surface area contributed by atoms with Crippen molar-refractivity contribution in [2.24, 2.45) is 0 Å². The molecular formula is C13H10F2O. The summed E-state index contributed by atoms with van der Waals surface area (Å²) in [5, 5.41) is 0. The molecule has 1 nitrogen and oxygen atoms in total. The van der Waals surface area contributed by atoms with Crippen LogP contribution in [0.3, 0.4) is 0 Å². The summed E-state index contributed by atoms with van der Waals surface area (Å²) in [6, 6.07) is 8.07. The van der Waals surface area contributed by atoms with Crippen LogP contribution in [0.5, 0.6) is 0 Å². The second-order valence-electron chi connectivity index (χ2n) is 3.71. The Labute approximate surface area is 92.1 Å². The maximum absolute atomic E-state index is 14.2. The molecule has 0 heterocycles. The Morgan fingerprint density at radius 2 is 1.94 bits per heavy atom. The van der Waals surface area contributed by atoms with Crippen molar-refractivity contribution in [3.63, 3.8) is 0 Å². The van der Waals surface area contributed by atoms with Crippen LogP contribution in [0.2, 0.25) is 0 Å². The van der Waals surface area contributed by atoms with Crippen LogP contribution in [-0.4, -0.2) is 11.5 Å². The fourth-order valence-corrected chi connectivity index (χ4v) is 1.65. The van der Waals surface area contributed by atoms with Gasteiger partial charge in [0.2, 0.25) is 5.78 Å². The summed E-state index contributed by atoms with van der Waals surface area (Å²) in [5.74, 6) is -1.32. The lowest BCUT2D eigenvalue weighted by Gasteiger charge is -2.21. The highest BCUT2D eigenvalue weighted by atomic mass is 19.1. The van der Waals surface area contributed by atoms with Crippen LogP contribution in [0.15, 0.2) is 54.4 Å². The van der Waals surface area contributed by atoms with E-state index in [-0.39, 0.29) is 5.56 Å². The first-order valence-corrected chi connectivity index (χ1v) is 4.94. The molecule has 0 fully saturated rings. The number of alkyl halides is 1. The highest BCUT2D eigenvalue weighted by Crippen LogP contribution is 2.31. The summed E-state index contributed by atoms with van der Waals surface area (Å²) < 4.78 is 27.2. The molecule has 0 aliphatic heterocycles. The number of ketones is 1. The molecule has 1 aromatic rings. The zero-order valence-electron chi connectivity index (χ0n) is 8.49. The number of Topliss-reactive ketones (excluding diaryl/α,β-unsaturated/α-hetero) is 1. The second kappa shape index (κ2) is 4.00. The third-order valence-electron chi connectivity index (χ3n) is 2.48. The van der Waals surface area contributed by atoms with Gasteiger partial charge in [-0.25, -0.2) is 8.78 Å². The fraction of sp³-hybridized carbons (Fsp3) is 0.154. The minimum Gasteiger partial charge on any atom is -0.290 e. The Hall–Kier alpha value is -1.77. The molecule has 0 saturated carbocycles. The van der Waals surface area contributed by atoms with Crippen molar-refractivity contribution >= 4 is 5.78 Å². The zero-order valence-corrected chi connectivity index (χ0v) is 8.49. The Morgan fingerprint density at radius 3 is 2.56 bits per heavy atom. The molecule has 0 N–H and O–H groups in total. The van der Waals surface area contributed by atoms with E-state index in [9.17, 15) is 13.6 Å². The van der Waals surface area contributed by atoms with Gasteiger partial charge in [0.1, 0.15) is 5.83 Å². The van der Waals surface area contributed by atoms with Gasteiger partial charge in [0, 0.05) is 12.0 Å². The normalized spacial score (nSPS) is 24.0. The van der Waals surface area contributed by atoms with E-state index in [2.05, 4.69) is 0 Å². The third kappa shape index (κ3) is 1.94. The van der Waals surface area contributed by atoms with E-state index in [0.717, 1.165) is 12.2 Å². The molecule has 1 aliphatic carbocycles. The highest BCUT2D eigenvalue weighted by Gasteiger charge is 2.38. The molecule has 0 amide bonds. The number of rotatable bonds is 2. The molecule has 16 heavy (non-hydrogen) atoms. The minimum absolute atomic E-state index is 0.254. The van der Waals surface area contributed by atoms with Crippen molar-refractivity contribution < 1.29 is 13.6 Å². The lowest BCUT2D eigenvalue weighted by atomic mass is 9.88. The first-order chi connectivity index (χ1) is 7.62. The largest absolute Gasteiger partial charge is 0.290 e. The first kappa shape index (κ1) is 10.7. The Bertz CT molecular complexity index is 462. The van der Waals surface area contributed by atoms with Crippen LogP contribution in [0.25, 0.3) is 0 Å². The topological polar surface area (TPSA) is 17.1 Å². The van der Waals surface area contributed by atoms with E-state index in [4.69, 9.17) is 0 Å². The molecular weight excluding hydrogens is 210 g/mol. The van der Waals surface area contributed by atoms with Crippen LogP contribution in [0.1, 0.15) is 16.8 Å². The predicted molar refractivity (Wildman–Crippen MR) is 57.6 cm³/mol. The van der Waals surface area contributed by atoms with Gasteiger partial charge in [-0.2, -0.15) is 0 Å². The Balaban J connectivity index is 2.30. The van der Waals surface area contributed by atoms with Crippen LogP contribution >= 0.6 is 0 Å². The SMILES string of the molecule is O=C(c1ccccc1)C1(F)C=CC=C(F)C1. The van der Waals surface area contributed by atoms with Gasteiger partial charge in [0.15, 0.2) is 5.67 Å². The lowest BCUT2D eigenvalue weighted by Crippen LogP contribution is -2.32. The molecule has 0 saturated heterocycles. The fourth-order valence-electron chi connectivity index (χ4n) is 1.65. The van der Waals surface area contributed by atoms with Crippen molar-refractivity contribution in [3.05, 3.63) is 60.0 Å². The second-order valence-corrected chi connectivity index (χ2v) is 3.71. The third-order valence-corrected chi connectivity index (χ3v) is 2.48. The molecule has 82 valence electrons. The lowest BCUT2D eigenvalue weighted by molar-refractivity contribution is 0.0766. The summed E-state index contributed by atoms with van der Waals surface area (Å²) in [4.78, 5) is 11.8. The molecule has 1 unspecified atom stereocenters. The van der Waals surface area contributed by atoms with E-state index < -0.39 is 23.7 Å². The standard InChI is InChI=1S/C13H10F2O/c14-11-7-4-8-13(15,9-11)12(16)10-5-2-1-3-6-10/h1-8H,9H2. The zero-order chi connectivity index (χ0) is 11.6. The van der Waals surface area contributed by atoms with Crippen molar-refractivity contribution in [2.45, 2.75) is 12.1 Å². The summed E-state index contributed by atoms with van der Waals surface area (Å²) in [7, 11) is 0. The number of hydrogen-bond donors (Lipinski definition) is 0. The van der Waals surface area contributed by atoms with Gasteiger partial charge in [-0.05, 0) is 12.2 Å². The Kier molecular flexibility index (Phi) is 2.69. The van der Waals surface area contributed by atoms with Crippen LogP contribution in [-0.2, 0) is 0 Å². The van der Waals surface area contributed by atoms with E-state index in [0.29, 0.717) is 0 Å². The van der Waals surface area contributed by atoms with Gasteiger partial charge in [-0.3, -0.25) is 4.79 Å². The van der Waals surface area contributed by atoms with Crippen molar-refractivity contribution in [3.8, 4) is 0 Å². The maximum atomic E-state index is 14.2. The summed E-state index contributed by atoms with van der Waals surface area (Å²) in [6.45, 7) is 0. The van der Waals surface area contributed by atoms with Crippen molar-refractivity contribution in [1.82, 2.24) is 0 Å². The summed E-state index contributed by atoms with van der Waals surface area (Å²) >= 11 is 0. The molecule has 1 aromatic carbocycles. The minimum atomic E-state index is -2.25. The van der Waals surface area contributed by atoms with Crippen LogP contribution in [0.4, 0.5) is 8.78 Å². The maximum Gasteiger partial charge on any atom is 0.204 e. The van der Waals surface area contributed by atoms with Crippen molar-refractivity contribution in [2.75, 3.05) is 0 Å².